The molecule has 40 heavy (non-hydrogen) atoms. The number of nitrogens with zero attached hydrogens (tertiary/aromatic N) is 2. The summed E-state index contributed by atoms with van der Waals surface area (Å²) >= 11 is 8.70. The average molecular weight is 585 g/mol. The molecular formula is C31H21ClN2O4S2. The number of para-hydroxylation sites is 1. The van der Waals surface area contributed by atoms with E-state index in [2.05, 4.69) is 4.99 Å². The van der Waals surface area contributed by atoms with E-state index in [4.69, 9.17) is 20.8 Å². The van der Waals surface area contributed by atoms with Crippen LogP contribution in [0.5, 0.6) is 5.75 Å². The number of ether oxygens (including phenoxy) is 1. The quantitative estimate of drug-likeness (QED) is 0.174. The van der Waals surface area contributed by atoms with Crippen LogP contribution in [-0.2, 0) is 4.79 Å². The number of rotatable bonds is 6. The Hall–Kier alpha value is -4.11. The third-order valence-corrected chi connectivity index (χ3v) is 8.38. The van der Waals surface area contributed by atoms with Crippen molar-refractivity contribution in [3.8, 4) is 5.75 Å². The van der Waals surface area contributed by atoms with E-state index in [0.29, 0.717) is 42.2 Å². The zero-order valence-corrected chi connectivity index (χ0v) is 23.5. The minimum absolute atomic E-state index is 0.265. The van der Waals surface area contributed by atoms with Gasteiger partial charge in [-0.3, -0.25) is 9.36 Å². The van der Waals surface area contributed by atoms with Crippen molar-refractivity contribution >= 4 is 46.7 Å². The van der Waals surface area contributed by atoms with Gasteiger partial charge < -0.3 is 9.15 Å². The van der Waals surface area contributed by atoms with Crippen molar-refractivity contribution in [3.63, 3.8) is 0 Å². The zero-order valence-electron chi connectivity index (χ0n) is 21.1. The van der Waals surface area contributed by atoms with Gasteiger partial charge in [-0.15, -0.1) is 0 Å². The number of allylic oxidation sites excluding steroid dienone is 1. The second kappa shape index (κ2) is 11.2. The van der Waals surface area contributed by atoms with Gasteiger partial charge in [0.2, 0.25) is 0 Å². The van der Waals surface area contributed by atoms with Gasteiger partial charge in [0.25, 0.3) is 5.56 Å². The lowest BCUT2D eigenvalue weighted by Gasteiger charge is -2.24. The lowest BCUT2D eigenvalue weighted by molar-refractivity contribution is -0.130. The fraction of sp³-hybridized carbons (Fsp3) is 0.0645. The van der Waals surface area contributed by atoms with Crippen LogP contribution in [0.15, 0.2) is 133 Å². The van der Waals surface area contributed by atoms with Crippen LogP contribution < -0.4 is 19.6 Å². The van der Waals surface area contributed by atoms with Crippen molar-refractivity contribution < 1.29 is 13.9 Å². The fourth-order valence-electron chi connectivity index (χ4n) is 4.40. The monoisotopic (exact) mass is 584 g/mol. The summed E-state index contributed by atoms with van der Waals surface area (Å²) in [7, 11) is 0. The summed E-state index contributed by atoms with van der Waals surface area (Å²) in [6.07, 6.45) is 1.71. The van der Waals surface area contributed by atoms with Crippen molar-refractivity contribution in [2.45, 2.75) is 23.0 Å². The van der Waals surface area contributed by atoms with E-state index in [1.54, 1.807) is 41.8 Å². The van der Waals surface area contributed by atoms with Crippen LogP contribution in [0.2, 0.25) is 5.02 Å². The SMILES string of the molecule is CC1=C(C(=O)Oc2ccccc2)[C@@H](c2ccccc2)n2c(s/c(=C\c3ccc(Sc4ccc(Cl)cc4)o3)c2=O)=N1. The van der Waals surface area contributed by atoms with E-state index in [-0.39, 0.29) is 5.56 Å². The smallest absolute Gasteiger partial charge is 0.343 e. The number of esters is 1. The minimum Gasteiger partial charge on any atom is -0.450 e. The molecule has 0 N–H and O–H groups in total. The lowest BCUT2D eigenvalue weighted by atomic mass is 9.96. The standard InChI is InChI=1S/C31H21ClN2O4S2/c1-19-27(30(36)38-22-10-6-3-7-11-22)28(20-8-4-2-5-9-20)34-29(35)25(40-31(34)33-19)18-23-14-17-26(37-23)39-24-15-12-21(32)13-16-24/h2-18,28H,1H3/b25-18-/t28-/m1/s1. The molecule has 1 aliphatic heterocycles. The molecule has 0 spiro atoms. The highest BCUT2D eigenvalue weighted by molar-refractivity contribution is 7.99. The number of hydrogen-bond acceptors (Lipinski definition) is 7. The van der Waals surface area contributed by atoms with Crippen LogP contribution in [0.1, 0.15) is 24.3 Å². The summed E-state index contributed by atoms with van der Waals surface area (Å²) in [6.45, 7) is 1.77. The molecule has 0 fully saturated rings. The van der Waals surface area contributed by atoms with Crippen molar-refractivity contribution in [2.75, 3.05) is 0 Å². The molecule has 5 aromatic rings. The normalized spacial score (nSPS) is 15.1. The maximum absolute atomic E-state index is 13.8. The van der Waals surface area contributed by atoms with Crippen LogP contribution >= 0.6 is 34.7 Å². The van der Waals surface area contributed by atoms with E-state index in [0.717, 1.165) is 10.5 Å². The van der Waals surface area contributed by atoms with Gasteiger partial charge in [-0.05, 0) is 61.0 Å². The summed E-state index contributed by atoms with van der Waals surface area (Å²) in [5, 5.41) is 1.35. The third kappa shape index (κ3) is 5.34. The number of fused-ring (bicyclic) bond motifs is 1. The molecule has 6 rings (SSSR count). The van der Waals surface area contributed by atoms with Crippen molar-refractivity contribution in [1.82, 2.24) is 4.57 Å². The van der Waals surface area contributed by atoms with Crippen LogP contribution in [-0.4, -0.2) is 10.5 Å². The molecule has 0 unspecified atom stereocenters. The number of carbonyl (C=O) groups excluding carboxylic acids is 1. The highest BCUT2D eigenvalue weighted by Crippen LogP contribution is 2.32. The Morgan fingerprint density at radius 2 is 1.70 bits per heavy atom. The van der Waals surface area contributed by atoms with Gasteiger partial charge in [-0.1, -0.05) is 83.2 Å². The second-order valence-electron chi connectivity index (χ2n) is 8.91. The molecule has 0 saturated carbocycles. The van der Waals surface area contributed by atoms with Gasteiger partial charge >= 0.3 is 5.97 Å². The Kier molecular flexibility index (Phi) is 7.30. The predicted octanol–water partition coefficient (Wildman–Crippen LogP) is 6.24. The average Bonchev–Trinajstić information content (AvgIpc) is 3.53. The molecule has 0 saturated heterocycles. The molecular weight excluding hydrogens is 564 g/mol. The van der Waals surface area contributed by atoms with Crippen molar-refractivity contribution in [1.29, 1.82) is 0 Å². The number of furan rings is 1. The Balaban J connectivity index is 1.39. The molecule has 2 aromatic heterocycles. The summed E-state index contributed by atoms with van der Waals surface area (Å²) in [5.74, 6) is 0.407. The maximum Gasteiger partial charge on any atom is 0.343 e. The van der Waals surface area contributed by atoms with Gasteiger partial charge in [0.15, 0.2) is 9.89 Å². The fourth-order valence-corrected chi connectivity index (χ4v) is 6.33. The summed E-state index contributed by atoms with van der Waals surface area (Å²) < 4.78 is 13.7. The molecule has 9 heteroatoms. The lowest BCUT2D eigenvalue weighted by Crippen LogP contribution is -2.40. The maximum atomic E-state index is 13.8. The zero-order chi connectivity index (χ0) is 27.6. The first-order valence-electron chi connectivity index (χ1n) is 12.3. The van der Waals surface area contributed by atoms with E-state index >= 15 is 0 Å². The first-order valence-corrected chi connectivity index (χ1v) is 14.4. The number of benzene rings is 3. The largest absolute Gasteiger partial charge is 0.450 e. The van der Waals surface area contributed by atoms with Gasteiger partial charge in [0, 0.05) is 16.0 Å². The highest BCUT2D eigenvalue weighted by atomic mass is 35.5. The Bertz CT molecular complexity index is 1910. The minimum atomic E-state index is -0.691. The van der Waals surface area contributed by atoms with Crippen molar-refractivity contribution in [2.24, 2.45) is 4.99 Å². The predicted molar refractivity (Wildman–Crippen MR) is 157 cm³/mol. The molecule has 1 atom stereocenters. The van der Waals surface area contributed by atoms with E-state index in [1.807, 2.05) is 72.8 Å². The molecule has 3 aromatic carbocycles. The van der Waals surface area contributed by atoms with Crippen LogP contribution in [0, 0.1) is 0 Å². The van der Waals surface area contributed by atoms with E-state index in [9.17, 15) is 9.59 Å². The Labute approximate surface area is 242 Å². The Morgan fingerprint density at radius 1 is 1.00 bits per heavy atom. The first-order chi connectivity index (χ1) is 19.5. The molecule has 0 aliphatic carbocycles. The van der Waals surface area contributed by atoms with Gasteiger partial charge in [-0.2, -0.15) is 0 Å². The second-order valence-corrected chi connectivity index (χ2v) is 11.4. The summed E-state index contributed by atoms with van der Waals surface area (Å²) in [4.78, 5) is 33.4. The van der Waals surface area contributed by atoms with Gasteiger partial charge in [0.1, 0.15) is 11.5 Å². The van der Waals surface area contributed by atoms with Crippen LogP contribution in [0.25, 0.3) is 6.08 Å². The van der Waals surface area contributed by atoms with Crippen LogP contribution in [0.3, 0.4) is 0 Å². The Morgan fingerprint density at radius 3 is 2.42 bits per heavy atom. The number of aromatic nitrogens is 1. The number of halogens is 1. The topological polar surface area (TPSA) is 73.8 Å². The summed E-state index contributed by atoms with van der Waals surface area (Å²) in [6, 6.07) is 28.8. The number of carbonyl (C=O) groups is 1. The van der Waals surface area contributed by atoms with E-state index < -0.39 is 12.0 Å². The number of thiazole rings is 1. The number of hydrogen-bond donors (Lipinski definition) is 0. The first kappa shape index (κ1) is 26.1. The third-order valence-electron chi connectivity index (χ3n) is 6.22. The highest BCUT2D eigenvalue weighted by Gasteiger charge is 2.33. The molecule has 0 radical (unpaired) electrons. The molecule has 3 heterocycles. The molecule has 0 amide bonds. The molecule has 1 aliphatic rings. The van der Waals surface area contributed by atoms with Gasteiger partial charge in [-0.25, -0.2) is 9.79 Å². The van der Waals surface area contributed by atoms with E-state index in [1.165, 1.54) is 23.1 Å². The van der Waals surface area contributed by atoms with Crippen LogP contribution in [0.4, 0.5) is 0 Å². The summed E-state index contributed by atoms with van der Waals surface area (Å²) in [5.41, 5.74) is 1.33. The molecule has 0 bridgehead atoms. The van der Waals surface area contributed by atoms with Crippen molar-refractivity contribution in [3.05, 3.63) is 144 Å². The molecule has 198 valence electrons. The molecule has 6 nitrogen and oxygen atoms in total. The van der Waals surface area contributed by atoms with Gasteiger partial charge in [0.05, 0.1) is 21.8 Å².